The van der Waals surface area contributed by atoms with Gasteiger partial charge in [-0.2, -0.15) is 0 Å². The molecule has 4 aliphatic rings. The zero-order chi connectivity index (χ0) is 23.5. The van der Waals surface area contributed by atoms with E-state index < -0.39 is 0 Å². The van der Waals surface area contributed by atoms with E-state index in [1.165, 1.54) is 24.8 Å². The molecule has 0 aromatic heterocycles. The molecule has 1 amide bonds. The summed E-state index contributed by atoms with van der Waals surface area (Å²) in [4.78, 5) is 20.3. The van der Waals surface area contributed by atoms with Crippen molar-refractivity contribution in [1.29, 1.82) is 0 Å². The Morgan fingerprint density at radius 1 is 1.12 bits per heavy atom. The molecule has 1 aromatic rings. The standard InChI is InChI=1S/C29H39N3O2/c1-2-16-30-19-15-25-8-6-9-26(21-30)32(25)28(24-7-5-10-27(33)20-24)22-11-13-23(14-12-22)29(34)31-17-3-4-18-31/h2,5,7,10-13,20,23,25-26,28,33H,1,3-4,6,8-9,14-19,21H2. The zero-order valence-electron chi connectivity index (χ0n) is 20.3. The SMILES string of the molecule is C=CCN1CCC2CCCC(C1)N2C(C1=CCC(C(=O)N2CCCC2)C=C1)c1cccc(O)c1. The van der Waals surface area contributed by atoms with Crippen molar-refractivity contribution < 1.29 is 9.90 Å². The van der Waals surface area contributed by atoms with Crippen LogP contribution < -0.4 is 0 Å². The van der Waals surface area contributed by atoms with Gasteiger partial charge >= 0.3 is 0 Å². The number of aromatic hydroxyl groups is 1. The van der Waals surface area contributed by atoms with Crippen molar-refractivity contribution in [3.63, 3.8) is 0 Å². The second kappa shape index (κ2) is 10.5. The molecule has 1 aromatic carbocycles. The first kappa shape index (κ1) is 23.4. The Labute approximate surface area is 204 Å². The number of carbonyl (C=O) groups is 1. The first-order chi connectivity index (χ1) is 16.6. The highest BCUT2D eigenvalue weighted by Crippen LogP contribution is 2.42. The molecule has 0 radical (unpaired) electrons. The molecule has 3 fully saturated rings. The van der Waals surface area contributed by atoms with Crippen LogP contribution in [0.1, 0.15) is 56.6 Å². The zero-order valence-corrected chi connectivity index (χ0v) is 20.3. The Morgan fingerprint density at radius 3 is 2.68 bits per heavy atom. The third-order valence-corrected chi connectivity index (χ3v) is 8.22. The van der Waals surface area contributed by atoms with Crippen molar-refractivity contribution in [3.05, 3.63) is 66.3 Å². The number of fused-ring (bicyclic) bond motifs is 2. The van der Waals surface area contributed by atoms with Crippen molar-refractivity contribution in [3.8, 4) is 5.75 Å². The third kappa shape index (κ3) is 4.87. The number of nitrogens with zero attached hydrogens (tertiary/aromatic N) is 3. The molecule has 5 rings (SSSR count). The van der Waals surface area contributed by atoms with E-state index in [1.807, 2.05) is 23.1 Å². The fraction of sp³-hybridized carbons (Fsp3) is 0.552. The van der Waals surface area contributed by atoms with Crippen molar-refractivity contribution >= 4 is 5.91 Å². The predicted octanol–water partition coefficient (Wildman–Crippen LogP) is 4.67. The fourth-order valence-corrected chi connectivity index (χ4v) is 6.58. The van der Waals surface area contributed by atoms with Crippen LogP contribution in [0, 0.1) is 5.92 Å². The summed E-state index contributed by atoms with van der Waals surface area (Å²) < 4.78 is 0. The maximum absolute atomic E-state index is 13.0. The minimum absolute atomic E-state index is 0.0432. The minimum atomic E-state index is -0.0432. The summed E-state index contributed by atoms with van der Waals surface area (Å²) in [5, 5.41) is 10.3. The molecule has 34 heavy (non-hydrogen) atoms. The fourth-order valence-electron chi connectivity index (χ4n) is 6.58. The number of likely N-dealkylation sites (tertiary alicyclic amines) is 1. The molecular weight excluding hydrogens is 422 g/mol. The van der Waals surface area contributed by atoms with Crippen molar-refractivity contribution in [2.24, 2.45) is 5.92 Å². The third-order valence-electron chi connectivity index (χ3n) is 8.22. The van der Waals surface area contributed by atoms with E-state index in [1.54, 1.807) is 6.07 Å². The Kier molecular flexibility index (Phi) is 7.21. The van der Waals surface area contributed by atoms with Gasteiger partial charge in [0.1, 0.15) is 5.75 Å². The second-order valence-electron chi connectivity index (χ2n) is 10.5. The lowest BCUT2D eigenvalue weighted by Crippen LogP contribution is -2.50. The monoisotopic (exact) mass is 461 g/mol. The van der Waals surface area contributed by atoms with E-state index >= 15 is 0 Å². The molecule has 2 bridgehead atoms. The van der Waals surface area contributed by atoms with Crippen LogP contribution in [0.15, 0.2) is 60.7 Å². The van der Waals surface area contributed by atoms with E-state index in [9.17, 15) is 9.90 Å². The van der Waals surface area contributed by atoms with Crippen LogP contribution in [0.4, 0.5) is 0 Å². The maximum atomic E-state index is 13.0. The first-order valence-electron chi connectivity index (χ1n) is 13.2. The van der Waals surface area contributed by atoms with E-state index in [0.717, 1.165) is 64.0 Å². The number of rotatable bonds is 6. The second-order valence-corrected chi connectivity index (χ2v) is 10.5. The highest BCUT2D eigenvalue weighted by atomic mass is 16.3. The Balaban J connectivity index is 1.44. The lowest BCUT2D eigenvalue weighted by Gasteiger charge is -2.46. The van der Waals surface area contributed by atoms with Gasteiger partial charge in [-0.15, -0.1) is 6.58 Å². The largest absolute Gasteiger partial charge is 0.508 e. The maximum Gasteiger partial charge on any atom is 0.229 e. The summed E-state index contributed by atoms with van der Waals surface area (Å²) in [6.07, 6.45) is 16.6. The smallest absolute Gasteiger partial charge is 0.229 e. The Bertz CT molecular complexity index is 948. The van der Waals surface area contributed by atoms with Gasteiger partial charge in [-0.1, -0.05) is 42.9 Å². The van der Waals surface area contributed by atoms with Gasteiger partial charge in [0.25, 0.3) is 0 Å². The molecule has 3 aliphatic heterocycles. The molecule has 3 heterocycles. The van der Waals surface area contributed by atoms with E-state index in [2.05, 4.69) is 40.7 Å². The summed E-state index contributed by atoms with van der Waals surface area (Å²) in [7, 11) is 0. The number of phenols is 1. The summed E-state index contributed by atoms with van der Waals surface area (Å²) in [6.45, 7) is 8.90. The van der Waals surface area contributed by atoms with Gasteiger partial charge in [0.05, 0.1) is 12.0 Å². The van der Waals surface area contributed by atoms with Crippen molar-refractivity contribution in [2.75, 3.05) is 32.7 Å². The Morgan fingerprint density at radius 2 is 1.94 bits per heavy atom. The van der Waals surface area contributed by atoms with Gasteiger partial charge in [0.2, 0.25) is 5.91 Å². The minimum Gasteiger partial charge on any atom is -0.508 e. The summed E-state index contributed by atoms with van der Waals surface area (Å²) in [6, 6.07) is 8.91. The van der Waals surface area contributed by atoms with E-state index in [-0.39, 0.29) is 17.9 Å². The molecule has 1 N–H and O–H groups in total. The van der Waals surface area contributed by atoms with Gasteiger partial charge in [-0.25, -0.2) is 0 Å². The highest BCUT2D eigenvalue weighted by molar-refractivity contribution is 5.81. The van der Waals surface area contributed by atoms with Crippen LogP contribution >= 0.6 is 0 Å². The molecule has 4 unspecified atom stereocenters. The van der Waals surface area contributed by atoms with Gasteiger partial charge in [-0.05, 0) is 61.8 Å². The number of amides is 1. The number of hydrogen-bond acceptors (Lipinski definition) is 4. The molecule has 5 heteroatoms. The van der Waals surface area contributed by atoms with Crippen molar-refractivity contribution in [2.45, 2.75) is 63.1 Å². The Hall–Kier alpha value is -2.37. The van der Waals surface area contributed by atoms with Crippen LogP contribution in [0.3, 0.4) is 0 Å². The normalized spacial score (nSPS) is 28.9. The average Bonchev–Trinajstić information content (AvgIpc) is 3.36. The van der Waals surface area contributed by atoms with Gasteiger partial charge in [0, 0.05) is 44.8 Å². The van der Waals surface area contributed by atoms with Crippen LogP contribution in [-0.4, -0.2) is 70.5 Å². The average molecular weight is 462 g/mol. The molecule has 0 spiro atoms. The number of carbonyl (C=O) groups excluding carboxylic acids is 1. The van der Waals surface area contributed by atoms with Gasteiger partial charge in [0.15, 0.2) is 0 Å². The summed E-state index contributed by atoms with van der Waals surface area (Å²) >= 11 is 0. The van der Waals surface area contributed by atoms with Gasteiger partial charge < -0.3 is 10.0 Å². The van der Waals surface area contributed by atoms with Crippen LogP contribution in [-0.2, 0) is 4.79 Å². The summed E-state index contributed by atoms with van der Waals surface area (Å²) in [5.74, 6) is 0.557. The van der Waals surface area contributed by atoms with Crippen LogP contribution in [0.5, 0.6) is 5.75 Å². The number of benzene rings is 1. The molecule has 5 nitrogen and oxygen atoms in total. The molecular formula is C29H39N3O2. The predicted molar refractivity (Wildman–Crippen MR) is 137 cm³/mol. The first-order valence-corrected chi connectivity index (χ1v) is 13.2. The lowest BCUT2D eigenvalue weighted by molar-refractivity contribution is -0.132. The molecule has 0 saturated carbocycles. The topological polar surface area (TPSA) is 47.0 Å². The van der Waals surface area contributed by atoms with Gasteiger partial charge in [-0.3, -0.25) is 14.6 Å². The quantitative estimate of drug-likeness (QED) is 0.626. The van der Waals surface area contributed by atoms with E-state index in [0.29, 0.717) is 17.8 Å². The number of allylic oxidation sites excluding steroid dienone is 1. The highest BCUT2D eigenvalue weighted by Gasteiger charge is 2.40. The van der Waals surface area contributed by atoms with Crippen LogP contribution in [0.2, 0.25) is 0 Å². The van der Waals surface area contributed by atoms with E-state index in [4.69, 9.17) is 0 Å². The lowest BCUT2D eigenvalue weighted by atomic mass is 9.84. The summed E-state index contributed by atoms with van der Waals surface area (Å²) in [5.41, 5.74) is 2.42. The molecule has 4 atom stereocenters. The molecule has 1 aliphatic carbocycles. The van der Waals surface area contributed by atoms with Crippen LogP contribution in [0.25, 0.3) is 0 Å². The number of phenolic OH excluding ortho intramolecular Hbond substituents is 1. The molecule has 182 valence electrons. The number of piperidine rings is 1. The molecule has 3 saturated heterocycles. The number of hydrogen-bond donors (Lipinski definition) is 1. The van der Waals surface area contributed by atoms with Crippen molar-refractivity contribution in [1.82, 2.24) is 14.7 Å².